The summed E-state index contributed by atoms with van der Waals surface area (Å²) in [7, 11) is 0. The van der Waals surface area contributed by atoms with Gasteiger partial charge in [0.1, 0.15) is 28.9 Å². The molecule has 0 unspecified atom stereocenters. The van der Waals surface area contributed by atoms with Gasteiger partial charge < -0.3 is 37.6 Å². The van der Waals surface area contributed by atoms with Crippen molar-refractivity contribution in [3.8, 4) is 0 Å². The lowest BCUT2D eigenvalue weighted by Crippen LogP contribution is -2.46. The number of aryl methyl sites for hydroxylation is 2. The van der Waals surface area contributed by atoms with E-state index in [2.05, 4.69) is 43.2 Å². The lowest BCUT2D eigenvalue weighted by atomic mass is 9.84. The Hall–Kier alpha value is -5.43. The Morgan fingerprint density at radius 3 is 1.98 bits per heavy atom. The average molecular weight is 787 g/mol. The standard InChI is InChI=1S/C18H19NO4.C16H19NO4.C10H16O3/c1-2-22-17(20)14-10-12-9-11-5-3-7-19-8-4-6-13(15(11)19)16(12)23-18(14)21;1-4-17(5-2)12-8-7-11-9-13(15(18)20-6-3)16(19)21-14(11)10-12;1-4-10(5-12-6-10)7-13-9(11)8(2)3/h9-10H,2-8H2,1H3;7-10H,4-6H2,1-3H3;2,4-7H2,1,3H3. The first kappa shape index (κ1) is 42.7. The van der Waals surface area contributed by atoms with Crippen molar-refractivity contribution in [3.05, 3.63) is 91.6 Å². The zero-order valence-corrected chi connectivity index (χ0v) is 34.0. The molecule has 13 nitrogen and oxygen atoms in total. The second kappa shape index (κ2) is 19.1. The minimum Gasteiger partial charge on any atom is -0.462 e. The summed E-state index contributed by atoms with van der Waals surface area (Å²) in [5, 5.41) is 1.53. The van der Waals surface area contributed by atoms with E-state index in [1.807, 2.05) is 18.2 Å². The maximum Gasteiger partial charge on any atom is 0.351 e. The highest BCUT2D eigenvalue weighted by Crippen LogP contribution is 2.39. The fraction of sp³-hybridized carbons (Fsp3) is 0.477. The number of carbonyl (C=O) groups excluding carboxylic acids is 3. The van der Waals surface area contributed by atoms with Crippen molar-refractivity contribution in [2.24, 2.45) is 5.41 Å². The Labute approximate surface area is 332 Å². The molecule has 57 heavy (non-hydrogen) atoms. The number of hydrogen-bond donors (Lipinski definition) is 0. The normalized spacial score (nSPS) is 14.8. The third kappa shape index (κ3) is 9.76. The lowest BCUT2D eigenvalue weighted by molar-refractivity contribution is -0.167. The molecule has 0 N–H and O–H groups in total. The van der Waals surface area contributed by atoms with Gasteiger partial charge in [-0.25, -0.2) is 24.0 Å². The number of benzene rings is 2. The van der Waals surface area contributed by atoms with Gasteiger partial charge in [0, 0.05) is 65.5 Å². The quantitative estimate of drug-likeness (QED) is 0.0663. The predicted octanol–water partition coefficient (Wildman–Crippen LogP) is 7.02. The molecule has 0 atom stereocenters. The van der Waals surface area contributed by atoms with Gasteiger partial charge in [0.2, 0.25) is 0 Å². The largest absolute Gasteiger partial charge is 0.462 e. The van der Waals surface area contributed by atoms with Crippen molar-refractivity contribution >= 4 is 51.2 Å². The highest BCUT2D eigenvalue weighted by atomic mass is 16.6. The maximum absolute atomic E-state index is 12.2. The van der Waals surface area contributed by atoms with Crippen LogP contribution in [0.2, 0.25) is 0 Å². The van der Waals surface area contributed by atoms with Gasteiger partial charge in [-0.3, -0.25) is 0 Å². The van der Waals surface area contributed by atoms with Crippen molar-refractivity contribution in [2.75, 3.05) is 69.0 Å². The molecule has 4 aromatic rings. The molecule has 5 heterocycles. The van der Waals surface area contributed by atoms with E-state index in [1.54, 1.807) is 26.8 Å². The molecule has 0 saturated carbocycles. The molecule has 2 aromatic carbocycles. The summed E-state index contributed by atoms with van der Waals surface area (Å²) in [6.07, 6.45) is 5.13. The Balaban J connectivity index is 0.000000170. The minimum atomic E-state index is -0.669. The van der Waals surface area contributed by atoms with Crippen LogP contribution in [0, 0.1) is 5.41 Å². The molecule has 1 saturated heterocycles. The number of fused-ring (bicyclic) bond motifs is 3. The van der Waals surface area contributed by atoms with Gasteiger partial charge in [-0.05, 0) is 103 Å². The molecular weight excluding hydrogens is 732 g/mol. The van der Waals surface area contributed by atoms with Gasteiger partial charge in [0.05, 0.1) is 31.8 Å². The van der Waals surface area contributed by atoms with E-state index in [9.17, 15) is 24.0 Å². The molecule has 0 amide bonds. The molecular formula is C44H54N2O11. The van der Waals surface area contributed by atoms with Crippen LogP contribution >= 0.6 is 0 Å². The van der Waals surface area contributed by atoms with Crippen molar-refractivity contribution < 1.29 is 42.2 Å². The molecule has 2 aromatic heterocycles. The number of anilines is 2. The van der Waals surface area contributed by atoms with E-state index in [0.29, 0.717) is 41.9 Å². The third-order valence-corrected chi connectivity index (χ3v) is 10.5. The van der Waals surface area contributed by atoms with Crippen molar-refractivity contribution in [3.63, 3.8) is 0 Å². The summed E-state index contributed by atoms with van der Waals surface area (Å²) in [4.78, 5) is 63.3. The van der Waals surface area contributed by atoms with Crippen molar-refractivity contribution in [2.45, 2.75) is 73.6 Å². The van der Waals surface area contributed by atoms with E-state index >= 15 is 0 Å². The van der Waals surface area contributed by atoms with Gasteiger partial charge in [-0.15, -0.1) is 0 Å². The fourth-order valence-corrected chi connectivity index (χ4v) is 7.16. The van der Waals surface area contributed by atoms with Crippen LogP contribution in [-0.4, -0.2) is 77.1 Å². The van der Waals surface area contributed by atoms with Gasteiger partial charge in [0.15, 0.2) is 0 Å². The first-order valence-corrected chi connectivity index (χ1v) is 19.8. The monoisotopic (exact) mass is 786 g/mol. The Kier molecular flexibility index (Phi) is 14.3. The molecule has 0 radical (unpaired) electrons. The molecule has 7 rings (SSSR count). The first-order chi connectivity index (χ1) is 27.4. The zero-order valence-electron chi connectivity index (χ0n) is 34.0. The van der Waals surface area contributed by atoms with Crippen LogP contribution in [0.15, 0.2) is 67.0 Å². The minimum absolute atomic E-state index is 0.0185. The SMILES string of the molecule is C=C(C)C(=O)OCC1(CC)COC1.CCOC(=O)c1cc2cc3c4c(c2oc1=O)CCCN4CCC3.CCOC(=O)c1cc2ccc(N(CC)CC)cc2oc1=O. The number of nitrogens with zero attached hydrogens (tertiary/aromatic N) is 2. The Morgan fingerprint density at radius 1 is 0.807 bits per heavy atom. The third-order valence-electron chi connectivity index (χ3n) is 10.5. The number of carbonyl (C=O) groups is 3. The van der Waals surface area contributed by atoms with E-state index in [4.69, 9.17) is 27.8 Å². The van der Waals surface area contributed by atoms with Crippen LogP contribution in [0.5, 0.6) is 0 Å². The fourth-order valence-electron chi connectivity index (χ4n) is 7.16. The van der Waals surface area contributed by atoms with Crippen molar-refractivity contribution in [1.29, 1.82) is 0 Å². The molecule has 306 valence electrons. The molecule has 0 spiro atoms. The van der Waals surface area contributed by atoms with Crippen LogP contribution in [0.1, 0.15) is 92.6 Å². The lowest BCUT2D eigenvalue weighted by Gasteiger charge is -2.39. The zero-order chi connectivity index (χ0) is 41.3. The molecule has 0 aliphatic carbocycles. The summed E-state index contributed by atoms with van der Waals surface area (Å²) >= 11 is 0. The summed E-state index contributed by atoms with van der Waals surface area (Å²) in [6.45, 7) is 21.0. The van der Waals surface area contributed by atoms with Gasteiger partial charge in [-0.2, -0.15) is 0 Å². The molecule has 3 aliphatic rings. The van der Waals surface area contributed by atoms with Crippen LogP contribution in [0.4, 0.5) is 11.4 Å². The summed E-state index contributed by atoms with van der Waals surface area (Å²) in [5.41, 5.74) is 4.91. The Morgan fingerprint density at radius 2 is 1.42 bits per heavy atom. The van der Waals surface area contributed by atoms with Gasteiger partial charge in [-0.1, -0.05) is 13.5 Å². The van der Waals surface area contributed by atoms with E-state index in [1.165, 1.54) is 17.3 Å². The highest BCUT2D eigenvalue weighted by molar-refractivity contribution is 5.96. The van der Waals surface area contributed by atoms with Crippen LogP contribution in [-0.2, 0) is 36.6 Å². The summed E-state index contributed by atoms with van der Waals surface area (Å²) in [5.74, 6) is -1.57. The number of hydrogen-bond acceptors (Lipinski definition) is 13. The molecule has 0 bridgehead atoms. The van der Waals surface area contributed by atoms with E-state index in [-0.39, 0.29) is 35.7 Å². The molecule has 1 fully saturated rings. The molecule has 13 heteroatoms. The van der Waals surface area contributed by atoms with Gasteiger partial charge >= 0.3 is 29.2 Å². The van der Waals surface area contributed by atoms with Gasteiger partial charge in [0.25, 0.3) is 0 Å². The topological polar surface area (TPSA) is 155 Å². The second-order valence-corrected chi connectivity index (χ2v) is 14.4. The van der Waals surface area contributed by atoms with E-state index < -0.39 is 23.2 Å². The predicted molar refractivity (Wildman–Crippen MR) is 219 cm³/mol. The smallest absolute Gasteiger partial charge is 0.351 e. The number of esters is 3. The second-order valence-electron chi connectivity index (χ2n) is 14.4. The van der Waals surface area contributed by atoms with Crippen LogP contribution < -0.4 is 21.1 Å². The maximum atomic E-state index is 12.2. The Bertz CT molecular complexity index is 2220. The number of rotatable bonds is 11. The average Bonchev–Trinajstić information content (AvgIpc) is 3.18. The van der Waals surface area contributed by atoms with Crippen LogP contribution in [0.3, 0.4) is 0 Å². The van der Waals surface area contributed by atoms with Crippen molar-refractivity contribution in [1.82, 2.24) is 0 Å². The molecule has 3 aliphatic heterocycles. The summed E-state index contributed by atoms with van der Waals surface area (Å²) < 4.78 is 30.8. The summed E-state index contributed by atoms with van der Waals surface area (Å²) in [6, 6.07) is 10.8. The number of ether oxygens (including phenoxy) is 4. The first-order valence-electron chi connectivity index (χ1n) is 19.8. The van der Waals surface area contributed by atoms with Crippen LogP contribution in [0.25, 0.3) is 21.9 Å². The van der Waals surface area contributed by atoms with E-state index in [0.717, 1.165) is 74.9 Å². The highest BCUT2D eigenvalue weighted by Gasteiger charge is 2.38.